The molecular formula is C41H42BrCl3F7N8O14PS. The molecule has 0 atom stereocenters. The second-order valence-corrected chi connectivity index (χ2v) is 20.1. The van der Waals surface area contributed by atoms with E-state index >= 15 is 0 Å². The molecule has 0 bridgehead atoms. The summed E-state index contributed by atoms with van der Waals surface area (Å²) in [5.41, 5.74) is -2.05. The van der Waals surface area contributed by atoms with Crippen molar-refractivity contribution in [2.75, 3.05) is 32.4 Å². The molecule has 35 heteroatoms. The van der Waals surface area contributed by atoms with Crippen LogP contribution < -0.4 is 24.8 Å². The number of hydrogen-bond acceptors (Lipinski definition) is 15. The third-order valence-electron chi connectivity index (χ3n) is 8.50. The molecule has 7 N–H and O–H groups in total. The average molecular weight is 1250 g/mol. The molecule has 0 spiro atoms. The first-order valence-electron chi connectivity index (χ1n) is 20.4. The Balaban J connectivity index is 0.000000374. The third-order valence-corrected chi connectivity index (χ3v) is 12.2. The van der Waals surface area contributed by atoms with Crippen molar-refractivity contribution < 1.29 is 97.1 Å². The Morgan fingerprint density at radius 3 is 2.01 bits per heavy atom. The summed E-state index contributed by atoms with van der Waals surface area (Å²) in [5.74, 6) is -4.01. The Labute approximate surface area is 449 Å². The van der Waals surface area contributed by atoms with Gasteiger partial charge >= 0.3 is 49.9 Å². The number of aromatic carboxylic acids is 1. The number of alkyl halides is 6. The van der Waals surface area contributed by atoms with E-state index in [1.54, 1.807) is 18.6 Å². The Morgan fingerprint density at radius 1 is 0.908 bits per heavy atom. The number of ether oxygens (including phenoxy) is 3. The fraction of sp³-hybridized carbons (Fsp3) is 0.317. The zero-order valence-corrected chi connectivity index (χ0v) is 45.2. The number of nitrogens with zero attached hydrogens (tertiary/aromatic N) is 5. The number of aromatic nitrogens is 5. The predicted octanol–water partition coefficient (Wildman–Crippen LogP) is 8.92. The minimum atomic E-state index is -4.69. The Kier molecular flexibility index (Phi) is 24.8. The van der Waals surface area contributed by atoms with Crippen molar-refractivity contribution >= 4 is 98.2 Å². The van der Waals surface area contributed by atoms with Crippen LogP contribution in [-0.4, -0.2) is 116 Å². The van der Waals surface area contributed by atoms with Gasteiger partial charge in [0.1, 0.15) is 22.9 Å². The van der Waals surface area contributed by atoms with Gasteiger partial charge in [-0.2, -0.15) is 46.4 Å². The second-order valence-electron chi connectivity index (χ2n) is 14.8. The number of hydrogen-bond donors (Lipinski definition) is 7. The summed E-state index contributed by atoms with van der Waals surface area (Å²) in [6.07, 6.45) is -11.9. The maximum absolute atomic E-state index is 14.3. The highest BCUT2D eigenvalue weighted by atomic mass is 79.9. The van der Waals surface area contributed by atoms with Crippen LogP contribution in [0.25, 0.3) is 11.3 Å². The van der Waals surface area contributed by atoms with Gasteiger partial charge in [-0.15, -0.1) is 0 Å². The van der Waals surface area contributed by atoms with Crippen LogP contribution in [0.4, 0.5) is 41.5 Å². The van der Waals surface area contributed by atoms with Gasteiger partial charge in [0.25, 0.3) is 10.0 Å². The molecule has 0 aliphatic heterocycles. The largest absolute Gasteiger partial charge is 0.494 e. The number of aryl methyl sites for hydroxylation is 3. The van der Waals surface area contributed by atoms with E-state index in [4.69, 9.17) is 69.0 Å². The van der Waals surface area contributed by atoms with E-state index in [1.165, 1.54) is 51.5 Å². The lowest BCUT2D eigenvalue weighted by Gasteiger charge is -2.13. The number of amides is 2. The molecule has 418 valence electrons. The summed E-state index contributed by atoms with van der Waals surface area (Å²) >= 11 is 20.0. The van der Waals surface area contributed by atoms with E-state index in [0.717, 1.165) is 25.2 Å². The van der Waals surface area contributed by atoms with Gasteiger partial charge in [-0.1, -0.05) is 53.0 Å². The number of carbonyl (C=O) groups is 4. The molecule has 22 nitrogen and oxygen atoms in total. The normalized spacial score (nSPS) is 11.4. The zero-order valence-electron chi connectivity index (χ0n) is 39.6. The summed E-state index contributed by atoms with van der Waals surface area (Å²) in [6, 6.07) is 8.56. The molecule has 0 radical (unpaired) electrons. The summed E-state index contributed by atoms with van der Waals surface area (Å²) in [6.45, 7) is 4.29. The number of carbonyl (C=O) groups excluding carboxylic acids is 2. The number of sulfonamides is 1. The lowest BCUT2D eigenvalue weighted by molar-refractivity contribution is -0.144. The lowest BCUT2D eigenvalue weighted by atomic mass is 10.1. The molecular weight excluding hydrogens is 1210 g/mol. The fourth-order valence-corrected chi connectivity index (χ4v) is 8.59. The van der Waals surface area contributed by atoms with E-state index in [2.05, 4.69) is 46.6 Å². The van der Waals surface area contributed by atoms with Gasteiger partial charge in [-0.3, -0.25) is 24.7 Å². The maximum Gasteiger partial charge on any atom is 0.434 e. The van der Waals surface area contributed by atoms with Crippen molar-refractivity contribution in [2.45, 2.75) is 57.0 Å². The SMILES string of the molecule is CC(C)OC(=O)c1cc(-c2nn(C)c(C(F)(F)F)c2Br)c(F)cc1Cl.COc1c(Cl)ccc(Cl)c1C(=O)O.COc1nc(C)nc(NC(=O)NS(=O)(=O)c2ccccc2CCC(F)(F)F)n1.O=C(O)CNCP(=O)(O)O. The number of esters is 1. The predicted molar refractivity (Wildman–Crippen MR) is 261 cm³/mol. The number of carboxylic acids is 2. The minimum absolute atomic E-state index is 0.0715. The van der Waals surface area contributed by atoms with Gasteiger partial charge in [-0.05, 0) is 79.0 Å². The molecule has 5 aromatic rings. The number of nitrogens with one attached hydrogen (secondary N) is 3. The standard InChI is InChI=1S/C15H12BrClF4N2O2.C15H16F3N5O4S.C8H6Cl2O3.C3H8NO5P/c1-6(2)25-14(24)7-4-8(10(18)5-9(7)17)12-11(16)13(15(19,20)21)23(3)22-12;1-9-19-12(22-14(20-9)27-2)21-13(24)23-28(25,26)11-6-4-3-5-10(11)7-8-15(16,17)18;1-13-7-5(10)3-2-4(9)6(7)8(11)12;5-3(6)1-4-2-10(7,8)9/h4-6H,1-3H3;3-6H,7-8H2,1-2H3,(H2,19,20,21,22,23,24);2-3H,1H3,(H,11,12);4H,1-2H2,(H,5,6)(H2,7,8,9). The summed E-state index contributed by atoms with van der Waals surface area (Å²) < 4.78 is 142. The van der Waals surface area contributed by atoms with E-state index in [-0.39, 0.29) is 66.5 Å². The highest BCUT2D eigenvalue weighted by Gasteiger charge is 2.39. The fourth-order valence-electron chi connectivity index (χ4n) is 5.54. The highest BCUT2D eigenvalue weighted by molar-refractivity contribution is 9.10. The van der Waals surface area contributed by atoms with E-state index in [0.29, 0.717) is 4.68 Å². The number of halogens is 11. The van der Waals surface area contributed by atoms with Gasteiger partial charge in [-0.25, -0.2) is 31.9 Å². The first-order chi connectivity index (χ1) is 34.9. The topological polar surface area (TPSA) is 321 Å². The maximum atomic E-state index is 14.3. The van der Waals surface area contributed by atoms with Crippen molar-refractivity contribution in [3.8, 4) is 23.0 Å². The van der Waals surface area contributed by atoms with Gasteiger partial charge in [0.2, 0.25) is 5.95 Å². The summed E-state index contributed by atoms with van der Waals surface area (Å²) in [4.78, 5) is 71.8. The van der Waals surface area contributed by atoms with Crippen LogP contribution in [0.2, 0.25) is 15.1 Å². The second kappa shape index (κ2) is 28.5. The van der Waals surface area contributed by atoms with E-state index in [9.17, 15) is 62.9 Å². The molecule has 2 aromatic heterocycles. The first-order valence-corrected chi connectivity index (χ1v) is 25.6. The molecule has 2 amide bonds. The molecule has 0 saturated carbocycles. The highest BCUT2D eigenvalue weighted by Crippen LogP contribution is 2.41. The number of urea groups is 1. The molecule has 0 aliphatic rings. The molecule has 5 rings (SSSR count). The molecule has 3 aromatic carbocycles. The molecule has 0 fully saturated rings. The average Bonchev–Trinajstić information content (AvgIpc) is 3.58. The number of anilines is 1. The van der Waals surface area contributed by atoms with Crippen LogP contribution in [0, 0.1) is 12.7 Å². The molecule has 0 saturated heterocycles. The van der Waals surface area contributed by atoms with Gasteiger partial charge in [0.15, 0.2) is 11.4 Å². The first kappa shape index (κ1) is 66.2. The van der Waals surface area contributed by atoms with Crippen LogP contribution >= 0.6 is 58.3 Å². The van der Waals surface area contributed by atoms with E-state index < -0.39 is 107 Å². The molecule has 76 heavy (non-hydrogen) atoms. The van der Waals surface area contributed by atoms with Crippen molar-refractivity contribution in [2.24, 2.45) is 7.05 Å². The van der Waals surface area contributed by atoms with Gasteiger partial charge < -0.3 is 34.2 Å². The van der Waals surface area contributed by atoms with E-state index in [1.807, 2.05) is 0 Å². The van der Waals surface area contributed by atoms with Crippen molar-refractivity contribution in [1.82, 2.24) is 34.8 Å². The summed E-state index contributed by atoms with van der Waals surface area (Å²) in [5, 5.41) is 24.8. The Morgan fingerprint density at radius 2 is 1.51 bits per heavy atom. The Hall–Kier alpha value is -5.92. The Bertz CT molecular complexity index is 3070. The number of aliphatic carboxylic acids is 1. The van der Waals surface area contributed by atoms with Crippen LogP contribution in [0.15, 0.2) is 57.9 Å². The zero-order chi connectivity index (χ0) is 58.3. The summed E-state index contributed by atoms with van der Waals surface area (Å²) in [7, 11) is -4.82. The number of rotatable bonds is 15. The van der Waals surface area contributed by atoms with Gasteiger partial charge in [0.05, 0.1) is 63.2 Å². The smallest absolute Gasteiger partial charge is 0.434 e. The number of benzene rings is 3. The number of carboxylic acid groups (broad SMARTS) is 2. The van der Waals surface area contributed by atoms with Crippen molar-refractivity contribution in [3.63, 3.8) is 0 Å². The van der Waals surface area contributed by atoms with Crippen molar-refractivity contribution in [3.05, 3.63) is 102 Å². The molecule has 0 unspecified atom stereocenters. The molecule has 0 aliphatic carbocycles. The van der Waals surface area contributed by atoms with Crippen LogP contribution in [0.5, 0.6) is 11.8 Å². The minimum Gasteiger partial charge on any atom is -0.494 e. The van der Waals surface area contributed by atoms with Gasteiger partial charge in [0, 0.05) is 19.0 Å². The van der Waals surface area contributed by atoms with Crippen LogP contribution in [0.1, 0.15) is 58.1 Å². The van der Waals surface area contributed by atoms with Crippen molar-refractivity contribution in [1.29, 1.82) is 0 Å². The number of methoxy groups -OCH3 is 2. The van der Waals surface area contributed by atoms with Crippen LogP contribution in [0.3, 0.4) is 0 Å². The lowest BCUT2D eigenvalue weighted by Crippen LogP contribution is -2.35. The quantitative estimate of drug-likeness (QED) is 0.0292. The molecule has 2 heterocycles. The third kappa shape index (κ3) is 21.2. The monoisotopic (exact) mass is 1250 g/mol. The van der Waals surface area contributed by atoms with Crippen LogP contribution in [-0.2, 0) is 43.8 Å².